The van der Waals surface area contributed by atoms with Gasteiger partial charge < -0.3 is 10.3 Å². The predicted molar refractivity (Wildman–Crippen MR) is 90.2 cm³/mol. The molecule has 122 valence electrons. The summed E-state index contributed by atoms with van der Waals surface area (Å²) in [6.45, 7) is 3.18. The first kappa shape index (κ1) is 15.7. The van der Waals surface area contributed by atoms with E-state index in [1.807, 2.05) is 12.3 Å². The van der Waals surface area contributed by atoms with E-state index in [0.717, 1.165) is 38.2 Å². The Hall–Kier alpha value is -2.14. The average molecular weight is 312 g/mol. The Kier molecular flexibility index (Phi) is 5.42. The lowest BCUT2D eigenvalue weighted by atomic mass is 9.99. The van der Waals surface area contributed by atoms with Crippen molar-refractivity contribution in [2.24, 2.45) is 0 Å². The smallest absolute Gasteiger partial charge is 0.234 e. The monoisotopic (exact) mass is 312 g/mol. The van der Waals surface area contributed by atoms with Gasteiger partial charge in [-0.25, -0.2) is 4.98 Å². The number of imidazole rings is 1. The van der Waals surface area contributed by atoms with Crippen LogP contribution in [0.15, 0.2) is 42.7 Å². The highest BCUT2D eigenvalue weighted by atomic mass is 16.2. The molecule has 0 saturated carbocycles. The van der Waals surface area contributed by atoms with Crippen LogP contribution in [0.2, 0.25) is 0 Å². The van der Waals surface area contributed by atoms with E-state index in [-0.39, 0.29) is 5.91 Å². The number of benzene rings is 1. The van der Waals surface area contributed by atoms with Gasteiger partial charge in [0.1, 0.15) is 5.82 Å². The van der Waals surface area contributed by atoms with Crippen molar-refractivity contribution in [2.75, 3.05) is 26.2 Å². The SMILES string of the molecule is O=C(CN1CC[C@H](c2ccccc2)C1)NCCCc1ncc[nH]1. The minimum absolute atomic E-state index is 0.123. The molecule has 0 radical (unpaired) electrons. The molecule has 1 fully saturated rings. The average Bonchev–Trinajstić information content (AvgIpc) is 3.24. The molecule has 1 aliphatic rings. The number of aryl methyl sites for hydroxylation is 1. The lowest BCUT2D eigenvalue weighted by molar-refractivity contribution is -0.122. The van der Waals surface area contributed by atoms with Crippen LogP contribution >= 0.6 is 0 Å². The minimum atomic E-state index is 0.123. The van der Waals surface area contributed by atoms with Crippen molar-refractivity contribution in [3.05, 3.63) is 54.1 Å². The van der Waals surface area contributed by atoms with Gasteiger partial charge in [-0.3, -0.25) is 9.69 Å². The summed E-state index contributed by atoms with van der Waals surface area (Å²) < 4.78 is 0. The number of carbonyl (C=O) groups excluding carboxylic acids is 1. The molecular weight excluding hydrogens is 288 g/mol. The van der Waals surface area contributed by atoms with Crippen LogP contribution in [0.1, 0.15) is 30.1 Å². The van der Waals surface area contributed by atoms with Crippen LogP contribution in [0.25, 0.3) is 0 Å². The molecule has 2 aromatic rings. The number of nitrogens with one attached hydrogen (secondary N) is 2. The Morgan fingerprint density at radius 1 is 1.35 bits per heavy atom. The fraction of sp³-hybridized carbons (Fsp3) is 0.444. The predicted octanol–water partition coefficient (Wildman–Crippen LogP) is 1.95. The quantitative estimate of drug-likeness (QED) is 0.768. The molecule has 1 atom stereocenters. The Balaban J connectivity index is 1.34. The van der Waals surface area contributed by atoms with Crippen molar-refractivity contribution in [3.8, 4) is 0 Å². The summed E-state index contributed by atoms with van der Waals surface area (Å²) in [6.07, 6.45) is 6.49. The second-order valence-corrected chi connectivity index (χ2v) is 6.12. The first-order valence-corrected chi connectivity index (χ1v) is 8.33. The van der Waals surface area contributed by atoms with E-state index in [2.05, 4.69) is 44.5 Å². The van der Waals surface area contributed by atoms with Crippen LogP contribution < -0.4 is 5.32 Å². The van der Waals surface area contributed by atoms with Crippen molar-refractivity contribution < 1.29 is 4.79 Å². The van der Waals surface area contributed by atoms with Gasteiger partial charge in [-0.05, 0) is 30.9 Å². The van der Waals surface area contributed by atoms with E-state index in [4.69, 9.17) is 0 Å². The van der Waals surface area contributed by atoms with Crippen LogP contribution in [0.4, 0.5) is 0 Å². The van der Waals surface area contributed by atoms with Gasteiger partial charge in [0, 0.05) is 31.9 Å². The first-order valence-electron chi connectivity index (χ1n) is 8.33. The molecule has 2 heterocycles. The highest BCUT2D eigenvalue weighted by molar-refractivity contribution is 5.78. The third-order valence-corrected chi connectivity index (χ3v) is 4.38. The highest BCUT2D eigenvalue weighted by Crippen LogP contribution is 2.26. The molecule has 1 aliphatic heterocycles. The zero-order valence-corrected chi connectivity index (χ0v) is 13.4. The second-order valence-electron chi connectivity index (χ2n) is 6.12. The van der Waals surface area contributed by atoms with Crippen molar-refractivity contribution >= 4 is 5.91 Å². The van der Waals surface area contributed by atoms with E-state index in [1.54, 1.807) is 6.20 Å². The largest absolute Gasteiger partial charge is 0.355 e. The van der Waals surface area contributed by atoms with E-state index in [0.29, 0.717) is 19.0 Å². The summed E-state index contributed by atoms with van der Waals surface area (Å²) >= 11 is 0. The van der Waals surface area contributed by atoms with Crippen LogP contribution in [-0.2, 0) is 11.2 Å². The van der Waals surface area contributed by atoms with Gasteiger partial charge in [0.2, 0.25) is 5.91 Å². The number of hydrogen-bond donors (Lipinski definition) is 2. The van der Waals surface area contributed by atoms with Crippen molar-refractivity contribution in [2.45, 2.75) is 25.2 Å². The molecule has 1 aromatic heterocycles. The number of aromatic nitrogens is 2. The molecule has 23 heavy (non-hydrogen) atoms. The van der Waals surface area contributed by atoms with E-state index in [9.17, 15) is 4.79 Å². The number of carbonyl (C=O) groups is 1. The molecule has 1 saturated heterocycles. The van der Waals surface area contributed by atoms with Gasteiger partial charge in [-0.15, -0.1) is 0 Å². The Labute approximate surface area is 137 Å². The molecule has 3 rings (SSSR count). The molecule has 1 amide bonds. The molecular formula is C18H24N4O. The zero-order chi connectivity index (χ0) is 15.9. The number of H-pyrrole nitrogens is 1. The highest BCUT2D eigenvalue weighted by Gasteiger charge is 2.24. The number of rotatable bonds is 7. The van der Waals surface area contributed by atoms with Crippen LogP contribution in [-0.4, -0.2) is 47.0 Å². The second kappa shape index (κ2) is 7.92. The number of aromatic amines is 1. The third-order valence-electron chi connectivity index (χ3n) is 4.38. The Morgan fingerprint density at radius 3 is 3.00 bits per heavy atom. The van der Waals surface area contributed by atoms with Gasteiger partial charge in [0.15, 0.2) is 0 Å². The molecule has 0 unspecified atom stereocenters. The molecule has 0 bridgehead atoms. The van der Waals surface area contributed by atoms with Crippen molar-refractivity contribution in [1.29, 1.82) is 0 Å². The zero-order valence-electron chi connectivity index (χ0n) is 13.4. The Bertz CT molecular complexity index is 597. The lowest BCUT2D eigenvalue weighted by Gasteiger charge is -2.16. The molecule has 1 aromatic carbocycles. The fourth-order valence-corrected chi connectivity index (χ4v) is 3.15. The number of hydrogen-bond acceptors (Lipinski definition) is 3. The van der Waals surface area contributed by atoms with E-state index >= 15 is 0 Å². The summed E-state index contributed by atoms with van der Waals surface area (Å²) in [5.41, 5.74) is 1.38. The standard InChI is InChI=1S/C18H24N4O/c23-18(21-9-4-7-17-19-10-11-20-17)14-22-12-8-16(13-22)15-5-2-1-3-6-15/h1-3,5-6,10-11,16H,4,7-9,12-14H2,(H,19,20)(H,21,23)/t16-/m0/s1. The fourth-order valence-electron chi connectivity index (χ4n) is 3.15. The summed E-state index contributed by atoms with van der Waals surface area (Å²) in [6, 6.07) is 10.6. The van der Waals surface area contributed by atoms with Gasteiger partial charge >= 0.3 is 0 Å². The summed E-state index contributed by atoms with van der Waals surface area (Å²) in [5.74, 6) is 1.66. The van der Waals surface area contributed by atoms with Gasteiger partial charge in [0.05, 0.1) is 6.54 Å². The Morgan fingerprint density at radius 2 is 2.22 bits per heavy atom. The van der Waals surface area contributed by atoms with Gasteiger partial charge in [-0.1, -0.05) is 30.3 Å². The topological polar surface area (TPSA) is 61.0 Å². The van der Waals surface area contributed by atoms with Crippen molar-refractivity contribution in [1.82, 2.24) is 20.2 Å². The molecule has 5 nitrogen and oxygen atoms in total. The van der Waals surface area contributed by atoms with Crippen LogP contribution in [0, 0.1) is 0 Å². The van der Waals surface area contributed by atoms with Crippen LogP contribution in [0.5, 0.6) is 0 Å². The van der Waals surface area contributed by atoms with E-state index in [1.165, 1.54) is 5.56 Å². The number of likely N-dealkylation sites (tertiary alicyclic amines) is 1. The van der Waals surface area contributed by atoms with E-state index < -0.39 is 0 Å². The van der Waals surface area contributed by atoms with Gasteiger partial charge in [-0.2, -0.15) is 0 Å². The van der Waals surface area contributed by atoms with Gasteiger partial charge in [0.25, 0.3) is 0 Å². The number of nitrogens with zero attached hydrogens (tertiary/aromatic N) is 2. The maximum atomic E-state index is 12.0. The summed E-state index contributed by atoms with van der Waals surface area (Å²) in [7, 11) is 0. The molecule has 2 N–H and O–H groups in total. The molecule has 0 aliphatic carbocycles. The number of amides is 1. The van der Waals surface area contributed by atoms with Crippen molar-refractivity contribution in [3.63, 3.8) is 0 Å². The summed E-state index contributed by atoms with van der Waals surface area (Å²) in [4.78, 5) is 21.5. The maximum Gasteiger partial charge on any atom is 0.234 e. The minimum Gasteiger partial charge on any atom is -0.355 e. The van der Waals surface area contributed by atoms with Crippen LogP contribution in [0.3, 0.4) is 0 Å². The third kappa shape index (κ3) is 4.66. The lowest BCUT2D eigenvalue weighted by Crippen LogP contribution is -2.36. The summed E-state index contributed by atoms with van der Waals surface area (Å²) in [5, 5.41) is 3.00. The first-order chi connectivity index (χ1) is 11.3. The maximum absolute atomic E-state index is 12.0. The molecule has 5 heteroatoms. The normalized spacial score (nSPS) is 18.2. The molecule has 0 spiro atoms.